The molecule has 0 aliphatic heterocycles. The number of rotatable bonds is 8. The van der Waals surface area contributed by atoms with Gasteiger partial charge in [-0.2, -0.15) is 0 Å². The zero-order chi connectivity index (χ0) is 20.1. The van der Waals surface area contributed by atoms with Gasteiger partial charge in [0.2, 0.25) is 0 Å². The summed E-state index contributed by atoms with van der Waals surface area (Å²) in [5.74, 6) is -3.41. The summed E-state index contributed by atoms with van der Waals surface area (Å²) in [5.41, 5.74) is 9.30. The fourth-order valence-electron chi connectivity index (χ4n) is 3.57. The summed E-state index contributed by atoms with van der Waals surface area (Å²) < 4.78 is 5.41. The van der Waals surface area contributed by atoms with Crippen LogP contribution in [-0.2, 0) is 14.3 Å². The maximum atomic E-state index is 12.4. The van der Waals surface area contributed by atoms with Crippen LogP contribution in [0.1, 0.15) is 29.9 Å². The summed E-state index contributed by atoms with van der Waals surface area (Å²) in [5, 5.41) is 11.7. The van der Waals surface area contributed by atoms with Crippen LogP contribution in [0.2, 0.25) is 0 Å². The van der Waals surface area contributed by atoms with Crippen LogP contribution in [0.3, 0.4) is 0 Å². The van der Waals surface area contributed by atoms with Crippen molar-refractivity contribution < 1.29 is 24.2 Å². The minimum atomic E-state index is -1.28. The second kappa shape index (κ2) is 8.56. The first-order valence-electron chi connectivity index (χ1n) is 9.10. The highest BCUT2D eigenvalue weighted by atomic mass is 16.5. The maximum absolute atomic E-state index is 12.4. The average Bonchev–Trinajstić information content (AvgIpc) is 2.99. The molecule has 146 valence electrons. The van der Waals surface area contributed by atoms with Crippen molar-refractivity contribution >= 4 is 18.0 Å². The van der Waals surface area contributed by atoms with Crippen molar-refractivity contribution in [3.8, 4) is 11.1 Å². The molecule has 28 heavy (non-hydrogen) atoms. The smallest absolute Gasteiger partial charge is 0.320 e. The first kappa shape index (κ1) is 19.4. The summed E-state index contributed by atoms with van der Waals surface area (Å²) >= 11 is 0. The minimum Gasteiger partial charge on any atom is -0.481 e. The molecule has 0 unspecified atom stereocenters. The van der Waals surface area contributed by atoms with Crippen molar-refractivity contribution in [2.75, 3.05) is 13.2 Å². The Morgan fingerprint density at radius 3 is 2.14 bits per heavy atom. The number of nitrogens with two attached hydrogens (primary N) is 1. The lowest BCUT2D eigenvalue weighted by Crippen LogP contribution is -2.32. The molecule has 0 saturated heterocycles. The van der Waals surface area contributed by atoms with E-state index in [9.17, 15) is 19.5 Å². The lowest BCUT2D eigenvalue weighted by molar-refractivity contribution is -0.159. The number of nitrogens with one attached hydrogen (secondary N) is 1. The topological polar surface area (TPSA) is 119 Å². The quantitative estimate of drug-likeness (QED) is 0.368. The molecule has 0 spiro atoms. The molecule has 2 aromatic carbocycles. The first-order chi connectivity index (χ1) is 13.5. The largest absolute Gasteiger partial charge is 0.481 e. The number of ether oxygens (including phenoxy) is 1. The Morgan fingerprint density at radius 2 is 1.61 bits per heavy atom. The second-order valence-corrected chi connectivity index (χ2v) is 6.68. The molecule has 0 saturated carbocycles. The number of carboxylic acid groups (broad SMARTS) is 1. The molecule has 3 rings (SSSR count). The zero-order valence-electron chi connectivity index (χ0n) is 15.3. The standard InChI is InChI=1S/C21H22N2O5/c22-21(27)23-11-5-10-17(19(24)25)20(26)28-12-18-15-8-3-1-6-13(15)14-7-2-4-9-16(14)18/h1-4,6-9,17-18H,5,10-12H2,(H,24,25)(H3,22,23,27)/t17-/m0/s1. The third-order valence-corrected chi connectivity index (χ3v) is 4.91. The van der Waals surface area contributed by atoms with Crippen LogP contribution < -0.4 is 11.1 Å². The number of urea groups is 1. The number of carbonyl (C=O) groups is 3. The Bertz CT molecular complexity index is 850. The average molecular weight is 382 g/mol. The van der Waals surface area contributed by atoms with Gasteiger partial charge < -0.3 is 20.9 Å². The first-order valence-corrected chi connectivity index (χ1v) is 9.10. The Hall–Kier alpha value is -3.35. The number of primary amides is 1. The van der Waals surface area contributed by atoms with Gasteiger partial charge in [-0.05, 0) is 35.1 Å². The number of hydrogen-bond acceptors (Lipinski definition) is 4. The predicted molar refractivity (Wildman–Crippen MR) is 103 cm³/mol. The molecule has 0 heterocycles. The van der Waals surface area contributed by atoms with Gasteiger partial charge in [0.1, 0.15) is 6.61 Å². The molecule has 1 aliphatic rings. The molecule has 2 aromatic rings. The summed E-state index contributed by atoms with van der Waals surface area (Å²) in [4.78, 5) is 34.5. The fraction of sp³-hybridized carbons (Fsp3) is 0.286. The van der Waals surface area contributed by atoms with E-state index in [1.807, 2.05) is 48.5 Å². The van der Waals surface area contributed by atoms with Crippen molar-refractivity contribution in [1.29, 1.82) is 0 Å². The summed E-state index contributed by atoms with van der Waals surface area (Å²) in [6.45, 7) is 0.284. The molecular weight excluding hydrogens is 360 g/mol. The molecule has 0 fully saturated rings. The number of esters is 1. The Labute approximate surface area is 162 Å². The number of hydrogen-bond donors (Lipinski definition) is 3. The Balaban J connectivity index is 1.66. The van der Waals surface area contributed by atoms with Crippen molar-refractivity contribution in [1.82, 2.24) is 5.32 Å². The van der Waals surface area contributed by atoms with Crippen LogP contribution >= 0.6 is 0 Å². The van der Waals surface area contributed by atoms with E-state index >= 15 is 0 Å². The molecule has 0 aromatic heterocycles. The second-order valence-electron chi connectivity index (χ2n) is 6.68. The van der Waals surface area contributed by atoms with Crippen LogP contribution in [-0.4, -0.2) is 36.2 Å². The molecule has 0 bridgehead atoms. The molecular formula is C21H22N2O5. The highest BCUT2D eigenvalue weighted by Crippen LogP contribution is 2.44. The maximum Gasteiger partial charge on any atom is 0.320 e. The van der Waals surface area contributed by atoms with Gasteiger partial charge in [-0.15, -0.1) is 0 Å². The fourth-order valence-corrected chi connectivity index (χ4v) is 3.57. The van der Waals surface area contributed by atoms with Gasteiger partial charge in [0.05, 0.1) is 0 Å². The number of carbonyl (C=O) groups excluding carboxylic acids is 2. The number of amides is 2. The predicted octanol–water partition coefficient (Wildman–Crippen LogP) is 2.49. The SMILES string of the molecule is NC(=O)NCCC[C@@H](C(=O)O)C(=O)OCC1c2ccccc2-c2ccccc21. The van der Waals surface area contributed by atoms with Crippen LogP contribution in [0.4, 0.5) is 4.79 Å². The van der Waals surface area contributed by atoms with Gasteiger partial charge >= 0.3 is 18.0 Å². The van der Waals surface area contributed by atoms with Crippen LogP contribution in [0.5, 0.6) is 0 Å². The molecule has 7 heteroatoms. The minimum absolute atomic E-state index is 0.0618. The zero-order valence-corrected chi connectivity index (χ0v) is 15.3. The van der Waals surface area contributed by atoms with Gasteiger partial charge in [0, 0.05) is 12.5 Å². The van der Waals surface area contributed by atoms with E-state index < -0.39 is 23.9 Å². The molecule has 1 atom stereocenters. The Kier molecular flexibility index (Phi) is 5.93. The van der Waals surface area contributed by atoms with Gasteiger partial charge in [-0.25, -0.2) is 4.79 Å². The van der Waals surface area contributed by atoms with Gasteiger partial charge in [-0.1, -0.05) is 48.5 Å². The highest BCUT2D eigenvalue weighted by molar-refractivity contribution is 5.94. The number of fused-ring (bicyclic) bond motifs is 3. The normalized spacial score (nSPS) is 13.3. The Morgan fingerprint density at radius 1 is 1.04 bits per heavy atom. The van der Waals surface area contributed by atoms with E-state index in [1.54, 1.807) is 0 Å². The van der Waals surface area contributed by atoms with Crippen LogP contribution in [0.15, 0.2) is 48.5 Å². The van der Waals surface area contributed by atoms with E-state index in [0.29, 0.717) is 6.42 Å². The number of benzene rings is 2. The third-order valence-electron chi connectivity index (χ3n) is 4.91. The lowest BCUT2D eigenvalue weighted by atomic mass is 9.98. The summed E-state index contributed by atoms with van der Waals surface area (Å²) in [7, 11) is 0. The van der Waals surface area contributed by atoms with Gasteiger partial charge in [-0.3, -0.25) is 9.59 Å². The van der Waals surface area contributed by atoms with Crippen LogP contribution in [0.25, 0.3) is 11.1 Å². The molecule has 4 N–H and O–H groups in total. The van der Waals surface area contributed by atoms with E-state index in [4.69, 9.17) is 10.5 Å². The highest BCUT2D eigenvalue weighted by Gasteiger charge is 2.32. The third kappa shape index (κ3) is 4.14. The van der Waals surface area contributed by atoms with Crippen molar-refractivity contribution in [2.24, 2.45) is 11.7 Å². The van der Waals surface area contributed by atoms with E-state index in [0.717, 1.165) is 22.3 Å². The van der Waals surface area contributed by atoms with Crippen molar-refractivity contribution in [3.05, 3.63) is 59.7 Å². The molecule has 1 aliphatic carbocycles. The van der Waals surface area contributed by atoms with Crippen molar-refractivity contribution in [3.63, 3.8) is 0 Å². The number of carboxylic acids is 1. The monoisotopic (exact) mass is 382 g/mol. The van der Waals surface area contributed by atoms with E-state index in [-0.39, 0.29) is 25.5 Å². The van der Waals surface area contributed by atoms with Crippen LogP contribution in [0, 0.1) is 5.92 Å². The van der Waals surface area contributed by atoms with E-state index in [1.165, 1.54) is 0 Å². The molecule has 7 nitrogen and oxygen atoms in total. The lowest BCUT2D eigenvalue weighted by Gasteiger charge is -2.17. The summed E-state index contributed by atoms with van der Waals surface area (Å²) in [6.07, 6.45) is 0.371. The van der Waals surface area contributed by atoms with Crippen molar-refractivity contribution in [2.45, 2.75) is 18.8 Å². The molecule has 2 amide bonds. The van der Waals surface area contributed by atoms with Gasteiger partial charge in [0.25, 0.3) is 0 Å². The molecule has 0 radical (unpaired) electrons. The van der Waals surface area contributed by atoms with E-state index in [2.05, 4.69) is 5.32 Å². The van der Waals surface area contributed by atoms with Gasteiger partial charge in [0.15, 0.2) is 5.92 Å². The number of aliphatic carboxylic acids is 1. The summed E-state index contributed by atoms with van der Waals surface area (Å²) in [6, 6.07) is 15.2.